The first-order chi connectivity index (χ1) is 9.83. The van der Waals surface area contributed by atoms with Crippen molar-refractivity contribution in [1.29, 1.82) is 0 Å². The standard InChI is InChI=1S/C15H14BF3O2.CH4/c1-16(2)11-6-8-12(9-7-11)20-13-4-3-5-14(10-13)21-15(17,18)19;/h3-10H,1-2H3;1H4. The molecule has 0 radical (unpaired) electrons. The molecule has 22 heavy (non-hydrogen) atoms. The molecule has 0 heterocycles. The third-order valence-corrected chi connectivity index (χ3v) is 2.82. The molecule has 2 aromatic carbocycles. The number of rotatable bonds is 4. The number of ether oxygens (including phenoxy) is 2. The van der Waals surface area contributed by atoms with E-state index in [-0.39, 0.29) is 18.9 Å². The summed E-state index contributed by atoms with van der Waals surface area (Å²) in [6.07, 6.45) is -4.71. The Bertz CT molecular complexity index is 595. The molecule has 0 fully saturated rings. The molecule has 6 heteroatoms. The average molecular weight is 310 g/mol. The van der Waals surface area contributed by atoms with Gasteiger partial charge in [0.25, 0.3) is 0 Å². The Morgan fingerprint density at radius 3 is 2.00 bits per heavy atom. The SMILES string of the molecule is C.CB(C)c1ccc(Oc2cccc(OC(F)(F)F)c2)cc1. The fraction of sp³-hybridized carbons (Fsp3) is 0.250. The van der Waals surface area contributed by atoms with E-state index in [1.807, 2.05) is 12.1 Å². The van der Waals surface area contributed by atoms with Gasteiger partial charge in [-0.2, -0.15) is 0 Å². The summed E-state index contributed by atoms with van der Waals surface area (Å²) < 4.78 is 45.8. The fourth-order valence-corrected chi connectivity index (χ4v) is 1.79. The summed E-state index contributed by atoms with van der Waals surface area (Å²) in [6.45, 7) is 4.56. The summed E-state index contributed by atoms with van der Waals surface area (Å²) in [7, 11) is 0. The highest BCUT2D eigenvalue weighted by Gasteiger charge is 2.31. The molecule has 0 aliphatic rings. The van der Waals surface area contributed by atoms with E-state index in [1.54, 1.807) is 18.2 Å². The molecular weight excluding hydrogens is 292 g/mol. The van der Waals surface area contributed by atoms with Gasteiger partial charge in [-0.1, -0.05) is 44.7 Å². The van der Waals surface area contributed by atoms with E-state index >= 15 is 0 Å². The molecule has 0 amide bonds. The average Bonchev–Trinajstić information content (AvgIpc) is 2.37. The molecule has 2 nitrogen and oxygen atoms in total. The van der Waals surface area contributed by atoms with Crippen LogP contribution in [-0.2, 0) is 0 Å². The van der Waals surface area contributed by atoms with Gasteiger partial charge >= 0.3 is 6.36 Å². The smallest absolute Gasteiger partial charge is 0.457 e. The lowest BCUT2D eigenvalue weighted by Crippen LogP contribution is -2.21. The van der Waals surface area contributed by atoms with Crippen LogP contribution in [-0.4, -0.2) is 13.1 Å². The monoisotopic (exact) mass is 310 g/mol. The zero-order chi connectivity index (χ0) is 15.5. The first kappa shape index (κ1) is 17.9. The molecule has 0 aliphatic carbocycles. The molecule has 0 atom stereocenters. The first-order valence-corrected chi connectivity index (χ1v) is 6.47. The molecule has 0 saturated heterocycles. The van der Waals surface area contributed by atoms with Crippen LogP contribution in [0.25, 0.3) is 0 Å². The predicted molar refractivity (Wildman–Crippen MR) is 83.5 cm³/mol. The zero-order valence-electron chi connectivity index (χ0n) is 11.6. The Kier molecular flexibility index (Phi) is 5.91. The topological polar surface area (TPSA) is 18.5 Å². The minimum atomic E-state index is -4.71. The van der Waals surface area contributed by atoms with Gasteiger partial charge < -0.3 is 9.47 Å². The van der Waals surface area contributed by atoms with Crippen LogP contribution in [0.1, 0.15) is 7.43 Å². The van der Waals surface area contributed by atoms with Crippen LogP contribution in [0.15, 0.2) is 48.5 Å². The van der Waals surface area contributed by atoms with Crippen molar-refractivity contribution in [1.82, 2.24) is 0 Å². The molecule has 0 spiro atoms. The molecule has 0 unspecified atom stereocenters. The van der Waals surface area contributed by atoms with Crippen LogP contribution >= 0.6 is 0 Å². The van der Waals surface area contributed by atoms with Crippen molar-refractivity contribution in [3.8, 4) is 17.2 Å². The van der Waals surface area contributed by atoms with Crippen LogP contribution in [0.4, 0.5) is 13.2 Å². The van der Waals surface area contributed by atoms with E-state index in [0.717, 1.165) is 5.46 Å². The Labute approximate surface area is 129 Å². The highest BCUT2D eigenvalue weighted by molar-refractivity contribution is 6.70. The second-order valence-corrected chi connectivity index (χ2v) is 4.85. The molecule has 0 N–H and O–H groups in total. The van der Waals surface area contributed by atoms with Gasteiger partial charge in [-0.05, 0) is 24.3 Å². The van der Waals surface area contributed by atoms with Crippen molar-refractivity contribution >= 4 is 12.2 Å². The molecular formula is C16H18BF3O2. The van der Waals surface area contributed by atoms with E-state index < -0.39 is 6.36 Å². The van der Waals surface area contributed by atoms with E-state index in [0.29, 0.717) is 12.5 Å². The van der Waals surface area contributed by atoms with E-state index in [9.17, 15) is 13.2 Å². The largest absolute Gasteiger partial charge is 0.573 e. The Balaban J connectivity index is 0.00000242. The Morgan fingerprint density at radius 2 is 1.45 bits per heavy atom. The summed E-state index contributed by atoms with van der Waals surface area (Å²) >= 11 is 0. The highest BCUT2D eigenvalue weighted by atomic mass is 19.4. The van der Waals surface area contributed by atoms with Gasteiger partial charge in [0.15, 0.2) is 6.71 Å². The molecule has 0 saturated carbocycles. The number of hydrogen-bond donors (Lipinski definition) is 0. The van der Waals surface area contributed by atoms with Crippen LogP contribution in [0.2, 0.25) is 13.6 Å². The summed E-state index contributed by atoms with van der Waals surface area (Å²) in [4.78, 5) is 0. The van der Waals surface area contributed by atoms with Crippen molar-refractivity contribution < 1.29 is 22.6 Å². The summed E-state index contributed by atoms with van der Waals surface area (Å²) in [6, 6.07) is 12.9. The van der Waals surface area contributed by atoms with Gasteiger partial charge in [-0.25, -0.2) is 0 Å². The maximum Gasteiger partial charge on any atom is 0.573 e. The second kappa shape index (κ2) is 7.25. The molecule has 2 aromatic rings. The maximum absolute atomic E-state index is 12.2. The van der Waals surface area contributed by atoms with Crippen molar-refractivity contribution in [3.63, 3.8) is 0 Å². The van der Waals surface area contributed by atoms with Crippen LogP contribution in [0.3, 0.4) is 0 Å². The summed E-state index contributed by atoms with van der Waals surface area (Å²) in [5.74, 6) is 0.538. The fourth-order valence-electron chi connectivity index (χ4n) is 1.79. The second-order valence-electron chi connectivity index (χ2n) is 4.85. The van der Waals surface area contributed by atoms with Gasteiger partial charge in [-0.15, -0.1) is 13.2 Å². The molecule has 0 bridgehead atoms. The van der Waals surface area contributed by atoms with E-state index in [1.165, 1.54) is 18.2 Å². The van der Waals surface area contributed by atoms with Gasteiger partial charge in [0.1, 0.15) is 17.2 Å². The third-order valence-electron chi connectivity index (χ3n) is 2.82. The highest BCUT2D eigenvalue weighted by Crippen LogP contribution is 2.28. The lowest BCUT2D eigenvalue weighted by molar-refractivity contribution is -0.274. The van der Waals surface area contributed by atoms with Gasteiger partial charge in [0.2, 0.25) is 0 Å². The van der Waals surface area contributed by atoms with Gasteiger partial charge in [0, 0.05) is 6.07 Å². The summed E-state index contributed by atoms with van der Waals surface area (Å²) in [5.41, 5.74) is 1.16. The predicted octanol–water partition coefficient (Wildman–Crippen LogP) is 4.98. The molecule has 2 rings (SSSR count). The Morgan fingerprint density at radius 1 is 0.864 bits per heavy atom. The van der Waals surface area contributed by atoms with Crippen LogP contribution in [0.5, 0.6) is 17.2 Å². The molecule has 0 aromatic heterocycles. The van der Waals surface area contributed by atoms with Crippen molar-refractivity contribution in [2.24, 2.45) is 0 Å². The third kappa shape index (κ3) is 5.35. The first-order valence-electron chi connectivity index (χ1n) is 6.47. The minimum absolute atomic E-state index is 0. The zero-order valence-corrected chi connectivity index (χ0v) is 11.6. The normalized spacial score (nSPS) is 10.6. The summed E-state index contributed by atoms with van der Waals surface area (Å²) in [5, 5.41) is 0. The van der Waals surface area contributed by atoms with Gasteiger partial charge in [0.05, 0.1) is 0 Å². The molecule has 118 valence electrons. The maximum atomic E-state index is 12.2. The van der Waals surface area contributed by atoms with Crippen LogP contribution in [0, 0.1) is 0 Å². The number of alkyl halides is 3. The van der Waals surface area contributed by atoms with Crippen LogP contribution < -0.4 is 14.9 Å². The van der Waals surface area contributed by atoms with E-state index in [2.05, 4.69) is 18.4 Å². The minimum Gasteiger partial charge on any atom is -0.457 e. The lowest BCUT2D eigenvalue weighted by Gasteiger charge is -2.11. The lowest BCUT2D eigenvalue weighted by atomic mass is 9.49. The van der Waals surface area contributed by atoms with Crippen molar-refractivity contribution in [2.75, 3.05) is 0 Å². The van der Waals surface area contributed by atoms with Gasteiger partial charge in [-0.3, -0.25) is 0 Å². The Hall–Kier alpha value is -2.11. The number of benzene rings is 2. The van der Waals surface area contributed by atoms with Crippen molar-refractivity contribution in [2.45, 2.75) is 27.4 Å². The number of halogens is 3. The quantitative estimate of drug-likeness (QED) is 0.742. The van der Waals surface area contributed by atoms with E-state index in [4.69, 9.17) is 4.74 Å². The molecule has 0 aliphatic heterocycles. The van der Waals surface area contributed by atoms with Crippen molar-refractivity contribution in [3.05, 3.63) is 48.5 Å². The number of hydrogen-bond acceptors (Lipinski definition) is 2.